The molecular weight excluding hydrogens is 289 g/mol. The van der Waals surface area contributed by atoms with Crippen LogP contribution in [0.25, 0.3) is 0 Å². The molecule has 21 heavy (non-hydrogen) atoms. The van der Waals surface area contributed by atoms with E-state index in [4.69, 9.17) is 16.3 Å². The third-order valence-electron chi connectivity index (χ3n) is 4.30. The summed E-state index contributed by atoms with van der Waals surface area (Å²) in [7, 11) is 1.76. The summed E-state index contributed by atoms with van der Waals surface area (Å²) in [6, 6.07) is 5.18. The van der Waals surface area contributed by atoms with Gasteiger partial charge in [0, 0.05) is 13.2 Å². The molecule has 0 fully saturated rings. The lowest BCUT2D eigenvalue weighted by molar-refractivity contribution is -0.0471. The topological polar surface area (TPSA) is 21.3 Å². The second-order valence-electron chi connectivity index (χ2n) is 5.44. The minimum absolute atomic E-state index is 0.151. The molecule has 1 aromatic carbocycles. The Labute approximate surface area is 133 Å². The third-order valence-corrected chi connectivity index (χ3v) is 4.61. The van der Waals surface area contributed by atoms with Crippen LogP contribution in [0, 0.1) is 5.82 Å². The van der Waals surface area contributed by atoms with Gasteiger partial charge in [-0.2, -0.15) is 0 Å². The fourth-order valence-electron chi connectivity index (χ4n) is 2.84. The number of ether oxygens (including phenoxy) is 1. The molecule has 2 nitrogen and oxygen atoms in total. The van der Waals surface area contributed by atoms with Crippen LogP contribution in [0.4, 0.5) is 4.39 Å². The van der Waals surface area contributed by atoms with Crippen LogP contribution in [0.15, 0.2) is 18.2 Å². The average molecular weight is 316 g/mol. The molecule has 0 bridgehead atoms. The largest absolute Gasteiger partial charge is 0.377 e. The fraction of sp³-hybridized carbons (Fsp3) is 0.647. The molecule has 1 N–H and O–H groups in total. The zero-order valence-corrected chi connectivity index (χ0v) is 14.3. The molecule has 1 rings (SSSR count). The quantitative estimate of drug-likeness (QED) is 0.719. The summed E-state index contributed by atoms with van der Waals surface area (Å²) in [6.45, 7) is 7.33. The van der Waals surface area contributed by atoms with E-state index in [1.54, 1.807) is 13.2 Å². The summed E-state index contributed by atoms with van der Waals surface area (Å²) in [4.78, 5) is 0. The summed E-state index contributed by atoms with van der Waals surface area (Å²) in [5.41, 5.74) is 0.708. The zero-order chi connectivity index (χ0) is 15.9. The molecule has 120 valence electrons. The molecule has 0 radical (unpaired) electrons. The Morgan fingerprint density at radius 3 is 2.43 bits per heavy atom. The van der Waals surface area contributed by atoms with Crippen LogP contribution in [0.2, 0.25) is 5.02 Å². The number of hydrogen-bond donors (Lipinski definition) is 1. The normalized spacial score (nSPS) is 13.4. The molecule has 0 saturated heterocycles. The van der Waals surface area contributed by atoms with Crippen molar-refractivity contribution in [2.75, 3.05) is 13.7 Å². The van der Waals surface area contributed by atoms with Crippen molar-refractivity contribution >= 4 is 11.6 Å². The minimum Gasteiger partial charge on any atom is -0.377 e. The molecule has 0 amide bonds. The summed E-state index contributed by atoms with van der Waals surface area (Å²) >= 11 is 5.76. The van der Waals surface area contributed by atoms with E-state index in [1.807, 2.05) is 6.07 Å². The van der Waals surface area contributed by atoms with Gasteiger partial charge in [0.25, 0.3) is 0 Å². The van der Waals surface area contributed by atoms with Crippen LogP contribution in [-0.2, 0) is 11.2 Å². The van der Waals surface area contributed by atoms with E-state index in [0.717, 1.165) is 37.8 Å². The van der Waals surface area contributed by atoms with Crippen molar-refractivity contribution in [1.82, 2.24) is 5.32 Å². The zero-order valence-electron chi connectivity index (χ0n) is 13.5. The molecule has 0 aliphatic carbocycles. The molecule has 0 aliphatic rings. The van der Waals surface area contributed by atoms with E-state index in [9.17, 15) is 4.39 Å². The van der Waals surface area contributed by atoms with E-state index in [1.165, 1.54) is 6.07 Å². The van der Waals surface area contributed by atoms with Crippen LogP contribution in [0.1, 0.15) is 45.6 Å². The van der Waals surface area contributed by atoms with Gasteiger partial charge in [-0.3, -0.25) is 0 Å². The van der Waals surface area contributed by atoms with Gasteiger partial charge >= 0.3 is 0 Å². The predicted molar refractivity (Wildman–Crippen MR) is 87.5 cm³/mol. The first-order valence-electron chi connectivity index (χ1n) is 7.75. The maximum Gasteiger partial charge on any atom is 0.142 e. The van der Waals surface area contributed by atoms with Crippen LogP contribution in [0.3, 0.4) is 0 Å². The second kappa shape index (κ2) is 8.72. The van der Waals surface area contributed by atoms with Crippen LogP contribution in [-0.4, -0.2) is 25.3 Å². The monoisotopic (exact) mass is 315 g/mol. The van der Waals surface area contributed by atoms with Crippen LogP contribution >= 0.6 is 11.6 Å². The Morgan fingerprint density at radius 1 is 1.29 bits per heavy atom. The van der Waals surface area contributed by atoms with Gasteiger partial charge < -0.3 is 10.1 Å². The highest BCUT2D eigenvalue weighted by Gasteiger charge is 2.35. The van der Waals surface area contributed by atoms with Crippen LogP contribution in [0.5, 0.6) is 0 Å². The van der Waals surface area contributed by atoms with Crippen molar-refractivity contribution in [3.05, 3.63) is 34.6 Å². The highest BCUT2D eigenvalue weighted by atomic mass is 35.5. The van der Waals surface area contributed by atoms with Crippen molar-refractivity contribution in [2.45, 2.75) is 58.1 Å². The smallest absolute Gasteiger partial charge is 0.142 e. The minimum atomic E-state index is -0.362. The first kappa shape index (κ1) is 18.4. The Bertz CT molecular complexity index is 427. The Kier molecular flexibility index (Phi) is 7.64. The van der Waals surface area contributed by atoms with Gasteiger partial charge in [-0.1, -0.05) is 38.4 Å². The first-order chi connectivity index (χ1) is 10.0. The average Bonchev–Trinajstić information content (AvgIpc) is 2.50. The Morgan fingerprint density at radius 2 is 1.95 bits per heavy atom. The standard InChI is InChI=1S/C17H27ClFNO/c1-5-10-20-16(17(6-2,7-3)21-4)12-13-8-9-14(18)15(19)11-13/h8-9,11,16,20H,5-7,10,12H2,1-4H3. The lowest BCUT2D eigenvalue weighted by Gasteiger charge is -2.39. The number of rotatable bonds is 9. The van der Waals surface area contributed by atoms with Gasteiger partial charge in [0.2, 0.25) is 0 Å². The lowest BCUT2D eigenvalue weighted by atomic mass is 9.84. The summed E-state index contributed by atoms with van der Waals surface area (Å²) < 4.78 is 19.5. The Hall–Kier alpha value is -0.640. The second-order valence-corrected chi connectivity index (χ2v) is 5.84. The van der Waals surface area contributed by atoms with Crippen molar-refractivity contribution in [2.24, 2.45) is 0 Å². The van der Waals surface area contributed by atoms with Crippen molar-refractivity contribution in [3.8, 4) is 0 Å². The number of benzene rings is 1. The van der Waals surface area contributed by atoms with E-state index < -0.39 is 0 Å². The molecule has 1 unspecified atom stereocenters. The van der Waals surface area contributed by atoms with Gasteiger partial charge in [0.1, 0.15) is 5.82 Å². The predicted octanol–water partition coefficient (Wildman–Crippen LogP) is 4.60. The van der Waals surface area contributed by atoms with E-state index in [0.29, 0.717) is 0 Å². The fourth-order valence-corrected chi connectivity index (χ4v) is 2.96. The molecular formula is C17H27ClFNO. The van der Waals surface area contributed by atoms with Crippen molar-refractivity contribution in [3.63, 3.8) is 0 Å². The maximum atomic E-state index is 13.6. The lowest BCUT2D eigenvalue weighted by Crippen LogP contribution is -2.53. The molecule has 0 saturated carbocycles. The maximum absolute atomic E-state index is 13.6. The van der Waals surface area contributed by atoms with Crippen molar-refractivity contribution < 1.29 is 9.13 Å². The summed E-state index contributed by atoms with van der Waals surface area (Å²) in [5.74, 6) is -0.362. The SMILES string of the molecule is CCCNC(Cc1ccc(Cl)c(F)c1)C(CC)(CC)OC. The molecule has 1 aromatic rings. The highest BCUT2D eigenvalue weighted by Crippen LogP contribution is 2.27. The third kappa shape index (κ3) is 4.67. The molecule has 0 heterocycles. The van der Waals surface area contributed by atoms with E-state index in [2.05, 4.69) is 26.1 Å². The van der Waals surface area contributed by atoms with Crippen molar-refractivity contribution in [1.29, 1.82) is 0 Å². The first-order valence-corrected chi connectivity index (χ1v) is 8.13. The molecule has 4 heteroatoms. The molecule has 0 spiro atoms. The van der Waals surface area contributed by atoms with Crippen LogP contribution < -0.4 is 5.32 Å². The van der Waals surface area contributed by atoms with E-state index >= 15 is 0 Å². The number of halogens is 2. The van der Waals surface area contributed by atoms with E-state index in [-0.39, 0.29) is 22.5 Å². The molecule has 0 aromatic heterocycles. The number of nitrogens with one attached hydrogen (secondary N) is 1. The highest BCUT2D eigenvalue weighted by molar-refractivity contribution is 6.30. The summed E-state index contributed by atoms with van der Waals surface area (Å²) in [6.07, 6.45) is 3.61. The van der Waals surface area contributed by atoms with Gasteiger partial charge in [0.05, 0.1) is 10.6 Å². The Balaban J connectivity index is 2.98. The molecule has 1 atom stereocenters. The van der Waals surface area contributed by atoms with Gasteiger partial charge in [-0.25, -0.2) is 4.39 Å². The number of hydrogen-bond acceptors (Lipinski definition) is 2. The summed E-state index contributed by atoms with van der Waals surface area (Å²) in [5, 5.41) is 3.73. The van der Waals surface area contributed by atoms with Gasteiger partial charge in [-0.05, 0) is 49.9 Å². The number of methoxy groups -OCH3 is 1. The molecule has 0 aliphatic heterocycles. The van der Waals surface area contributed by atoms with Gasteiger partial charge in [-0.15, -0.1) is 0 Å². The van der Waals surface area contributed by atoms with Gasteiger partial charge in [0.15, 0.2) is 0 Å².